The van der Waals surface area contributed by atoms with Crippen LogP contribution in [0.15, 0.2) is 35.4 Å². The lowest BCUT2D eigenvalue weighted by molar-refractivity contribution is -0.123. The largest absolute Gasteiger partial charge is 0.493 e. The standard InChI is InChI=1S/C27H32N4O4/c1-17-8-9-21-20(12-17)19-6-5-7-22-26(19)31(21)11-10-30(22)16-25(32)29-28-15-18-13-23(33-2)27(35-4)24(14-18)34-3/h8-9,12-15,22H,5-7,10-11,16H2,1-4H3,(H,29,32)/b28-15+/t22-/m0/s1. The molecule has 184 valence electrons. The number of ether oxygens (including phenoxy) is 3. The SMILES string of the molecule is COc1cc(/C=N/NC(=O)CN2CCn3c4c(c5cc(C)ccc53)CCC[C@@H]42)cc(OC)c1OC. The van der Waals surface area contributed by atoms with E-state index in [-0.39, 0.29) is 11.9 Å². The van der Waals surface area contributed by atoms with Crippen molar-refractivity contribution < 1.29 is 19.0 Å². The van der Waals surface area contributed by atoms with Crippen LogP contribution >= 0.6 is 0 Å². The number of aromatic nitrogens is 1. The quantitative estimate of drug-likeness (QED) is 0.414. The number of aryl methyl sites for hydroxylation is 2. The molecule has 0 saturated carbocycles. The van der Waals surface area contributed by atoms with Crippen molar-refractivity contribution in [2.24, 2.45) is 5.10 Å². The normalized spacial score (nSPS) is 17.4. The molecule has 0 spiro atoms. The molecule has 1 aromatic heterocycles. The maximum atomic E-state index is 12.8. The van der Waals surface area contributed by atoms with Gasteiger partial charge >= 0.3 is 0 Å². The number of nitrogens with zero attached hydrogens (tertiary/aromatic N) is 3. The lowest BCUT2D eigenvalue weighted by Crippen LogP contribution is -2.44. The van der Waals surface area contributed by atoms with Crippen LogP contribution in [0, 0.1) is 6.92 Å². The average Bonchev–Trinajstić information content (AvgIpc) is 3.19. The predicted octanol–water partition coefficient (Wildman–Crippen LogP) is 3.82. The molecule has 0 radical (unpaired) electrons. The third-order valence-electron chi connectivity index (χ3n) is 7.08. The van der Waals surface area contributed by atoms with Crippen molar-refractivity contribution in [3.63, 3.8) is 0 Å². The molecular formula is C27H32N4O4. The van der Waals surface area contributed by atoms with Crippen LogP contribution in [0.25, 0.3) is 10.9 Å². The minimum absolute atomic E-state index is 0.124. The fraction of sp³-hybridized carbons (Fsp3) is 0.407. The monoisotopic (exact) mass is 476 g/mol. The van der Waals surface area contributed by atoms with Gasteiger partial charge in [-0.25, -0.2) is 5.43 Å². The number of hydrazone groups is 1. The Balaban J connectivity index is 1.30. The Labute approximate surface area is 205 Å². The minimum atomic E-state index is -0.124. The Morgan fingerprint density at radius 2 is 1.89 bits per heavy atom. The maximum Gasteiger partial charge on any atom is 0.254 e. The second-order valence-corrected chi connectivity index (χ2v) is 9.17. The van der Waals surface area contributed by atoms with E-state index in [0.29, 0.717) is 23.8 Å². The minimum Gasteiger partial charge on any atom is -0.493 e. The molecular weight excluding hydrogens is 444 g/mol. The van der Waals surface area contributed by atoms with Crippen LogP contribution in [-0.2, 0) is 17.8 Å². The topological polar surface area (TPSA) is 77.3 Å². The Morgan fingerprint density at radius 1 is 1.11 bits per heavy atom. The third-order valence-corrected chi connectivity index (χ3v) is 7.08. The number of hydrogen-bond acceptors (Lipinski definition) is 6. The number of rotatable bonds is 7. The molecule has 1 aliphatic carbocycles. The number of amides is 1. The third kappa shape index (κ3) is 4.23. The smallest absolute Gasteiger partial charge is 0.254 e. The van der Waals surface area contributed by atoms with Gasteiger partial charge in [-0.1, -0.05) is 11.6 Å². The van der Waals surface area contributed by atoms with E-state index in [1.54, 1.807) is 39.7 Å². The van der Waals surface area contributed by atoms with Crippen molar-refractivity contribution in [2.75, 3.05) is 34.4 Å². The molecule has 0 fully saturated rings. The van der Waals surface area contributed by atoms with Gasteiger partial charge in [0.15, 0.2) is 11.5 Å². The summed E-state index contributed by atoms with van der Waals surface area (Å²) in [4.78, 5) is 15.1. The number of methoxy groups -OCH3 is 3. The Bertz CT molecular complexity index is 1270. The van der Waals surface area contributed by atoms with Crippen LogP contribution in [0.2, 0.25) is 0 Å². The number of benzene rings is 2. The molecule has 2 aromatic carbocycles. The summed E-state index contributed by atoms with van der Waals surface area (Å²) in [6.45, 7) is 4.21. The number of fused-ring (bicyclic) bond motifs is 3. The first-order valence-corrected chi connectivity index (χ1v) is 12.0. The molecule has 2 heterocycles. The summed E-state index contributed by atoms with van der Waals surface area (Å²) in [6.07, 6.45) is 4.90. The summed E-state index contributed by atoms with van der Waals surface area (Å²) in [5.74, 6) is 1.46. The summed E-state index contributed by atoms with van der Waals surface area (Å²) in [5, 5.41) is 5.56. The van der Waals surface area contributed by atoms with Gasteiger partial charge in [-0.2, -0.15) is 5.10 Å². The first-order chi connectivity index (χ1) is 17.0. The van der Waals surface area contributed by atoms with Crippen molar-refractivity contribution in [1.29, 1.82) is 0 Å². The Morgan fingerprint density at radius 3 is 2.60 bits per heavy atom. The molecule has 1 aliphatic heterocycles. The van der Waals surface area contributed by atoms with Gasteiger partial charge in [0.2, 0.25) is 5.75 Å². The van der Waals surface area contributed by atoms with Gasteiger partial charge in [-0.05, 0) is 56.0 Å². The molecule has 0 unspecified atom stereocenters. The van der Waals surface area contributed by atoms with Crippen molar-refractivity contribution in [3.05, 3.63) is 52.7 Å². The fourth-order valence-corrected chi connectivity index (χ4v) is 5.55. The van der Waals surface area contributed by atoms with Gasteiger partial charge in [0.25, 0.3) is 5.91 Å². The zero-order valence-electron chi connectivity index (χ0n) is 20.8. The molecule has 5 rings (SSSR count). The molecule has 0 bridgehead atoms. The van der Waals surface area contributed by atoms with Gasteiger partial charge < -0.3 is 18.8 Å². The number of carbonyl (C=O) groups is 1. The number of carbonyl (C=O) groups excluding carboxylic acids is 1. The first kappa shape index (κ1) is 23.2. The van der Waals surface area contributed by atoms with Gasteiger partial charge in [0.1, 0.15) is 0 Å². The maximum absolute atomic E-state index is 12.8. The Hall–Kier alpha value is -3.52. The lowest BCUT2D eigenvalue weighted by Gasteiger charge is -2.39. The van der Waals surface area contributed by atoms with Crippen LogP contribution in [-0.4, -0.2) is 56.0 Å². The highest BCUT2D eigenvalue weighted by atomic mass is 16.5. The van der Waals surface area contributed by atoms with Gasteiger partial charge in [0, 0.05) is 35.2 Å². The Kier molecular flexibility index (Phi) is 6.38. The van der Waals surface area contributed by atoms with E-state index < -0.39 is 0 Å². The molecule has 1 amide bonds. The first-order valence-electron chi connectivity index (χ1n) is 12.0. The van der Waals surface area contributed by atoms with E-state index >= 15 is 0 Å². The molecule has 2 aliphatic rings. The van der Waals surface area contributed by atoms with E-state index in [2.05, 4.69) is 45.1 Å². The van der Waals surface area contributed by atoms with Gasteiger partial charge in [0.05, 0.1) is 40.1 Å². The van der Waals surface area contributed by atoms with Gasteiger partial charge in [-0.15, -0.1) is 0 Å². The lowest BCUT2D eigenvalue weighted by atomic mass is 9.89. The van der Waals surface area contributed by atoms with Gasteiger partial charge in [-0.3, -0.25) is 9.69 Å². The molecule has 1 N–H and O–H groups in total. The van der Waals surface area contributed by atoms with E-state index in [9.17, 15) is 4.79 Å². The molecule has 1 atom stereocenters. The van der Waals surface area contributed by atoms with Crippen LogP contribution < -0.4 is 19.6 Å². The van der Waals surface area contributed by atoms with Crippen molar-refractivity contribution in [1.82, 2.24) is 14.9 Å². The molecule has 0 saturated heterocycles. The van der Waals surface area contributed by atoms with Crippen LogP contribution in [0.5, 0.6) is 17.2 Å². The molecule has 35 heavy (non-hydrogen) atoms. The summed E-state index contributed by atoms with van der Waals surface area (Å²) in [7, 11) is 4.69. The summed E-state index contributed by atoms with van der Waals surface area (Å²) in [5.41, 5.74) is 8.90. The predicted molar refractivity (Wildman–Crippen MR) is 136 cm³/mol. The summed E-state index contributed by atoms with van der Waals surface area (Å²) < 4.78 is 18.6. The van der Waals surface area contributed by atoms with E-state index in [1.165, 1.54) is 27.7 Å². The highest BCUT2D eigenvalue weighted by molar-refractivity contribution is 5.87. The number of nitrogens with one attached hydrogen (secondary N) is 1. The van der Waals surface area contributed by atoms with Crippen LogP contribution in [0.3, 0.4) is 0 Å². The summed E-state index contributed by atoms with van der Waals surface area (Å²) >= 11 is 0. The highest BCUT2D eigenvalue weighted by Gasteiger charge is 2.35. The van der Waals surface area contributed by atoms with Crippen LogP contribution in [0.4, 0.5) is 0 Å². The second-order valence-electron chi connectivity index (χ2n) is 9.17. The zero-order valence-corrected chi connectivity index (χ0v) is 20.8. The van der Waals surface area contributed by atoms with Crippen molar-refractivity contribution in [3.8, 4) is 17.2 Å². The number of hydrogen-bond donors (Lipinski definition) is 1. The van der Waals surface area contributed by atoms with Crippen molar-refractivity contribution in [2.45, 2.75) is 38.8 Å². The average molecular weight is 477 g/mol. The van der Waals surface area contributed by atoms with E-state index in [0.717, 1.165) is 37.9 Å². The second kappa shape index (κ2) is 9.62. The highest BCUT2D eigenvalue weighted by Crippen LogP contribution is 2.42. The zero-order chi connectivity index (χ0) is 24.5. The van der Waals surface area contributed by atoms with E-state index in [1.807, 2.05) is 0 Å². The molecule has 8 nitrogen and oxygen atoms in total. The van der Waals surface area contributed by atoms with Crippen molar-refractivity contribution >= 4 is 23.0 Å². The molecule has 3 aromatic rings. The van der Waals surface area contributed by atoms with Crippen LogP contribution in [0.1, 0.15) is 41.3 Å². The van der Waals surface area contributed by atoms with E-state index in [4.69, 9.17) is 14.2 Å². The summed E-state index contributed by atoms with van der Waals surface area (Å²) in [6, 6.07) is 10.6. The molecule has 8 heteroatoms. The fourth-order valence-electron chi connectivity index (χ4n) is 5.55.